The number of aliphatic carboxylic acids is 1. The third-order valence-corrected chi connectivity index (χ3v) is 1.78. The minimum atomic E-state index is -1.02. The molecule has 0 N–H and O–H groups in total. The molecule has 0 aliphatic rings. The van der Waals surface area contributed by atoms with E-state index in [1.165, 1.54) is 11.3 Å². The second-order valence-electron chi connectivity index (χ2n) is 1.63. The van der Waals surface area contributed by atoms with Gasteiger partial charge in [-0.2, -0.15) is 0 Å². The van der Waals surface area contributed by atoms with Crippen LogP contribution in [0.25, 0.3) is 0 Å². The fraction of sp³-hybridized carbons (Fsp3) is 0.167. The molecule has 1 aromatic rings. The van der Waals surface area contributed by atoms with Crippen LogP contribution in [0.3, 0.4) is 0 Å². The zero-order valence-electron chi connectivity index (χ0n) is 5.66. The van der Waals surface area contributed by atoms with Crippen LogP contribution in [0.2, 0.25) is 0 Å². The van der Waals surface area contributed by atoms with Crippen LogP contribution >= 0.6 is 11.3 Å². The minimum absolute atomic E-state index is 0. The Labute approximate surface area is 122 Å². The Morgan fingerprint density at radius 2 is 2.40 bits per heavy atom. The SMILES string of the molecule is O=C([O-])Cc1cccs1.[Cs+]. The van der Waals surface area contributed by atoms with Crippen molar-refractivity contribution < 1.29 is 78.8 Å². The molecule has 0 radical (unpaired) electrons. The molecule has 0 unspecified atom stereocenters. The van der Waals surface area contributed by atoms with Crippen LogP contribution in [0.4, 0.5) is 0 Å². The normalized spacial score (nSPS) is 8.40. The quantitative estimate of drug-likeness (QED) is 0.578. The summed E-state index contributed by atoms with van der Waals surface area (Å²) in [5.41, 5.74) is 0. The summed E-state index contributed by atoms with van der Waals surface area (Å²) in [6.45, 7) is 0. The van der Waals surface area contributed by atoms with E-state index >= 15 is 0 Å². The topological polar surface area (TPSA) is 40.1 Å². The molecule has 4 heteroatoms. The van der Waals surface area contributed by atoms with Crippen molar-refractivity contribution in [3.8, 4) is 0 Å². The van der Waals surface area contributed by atoms with Crippen LogP contribution in [0.1, 0.15) is 4.88 Å². The fourth-order valence-electron chi connectivity index (χ4n) is 0.555. The molecule has 1 aromatic heterocycles. The van der Waals surface area contributed by atoms with E-state index in [1.54, 1.807) is 6.07 Å². The molecule has 0 atom stereocenters. The summed E-state index contributed by atoms with van der Waals surface area (Å²) < 4.78 is 0. The summed E-state index contributed by atoms with van der Waals surface area (Å²) in [5.74, 6) is -1.02. The molecule has 0 bridgehead atoms. The van der Waals surface area contributed by atoms with Crippen LogP contribution in [-0.2, 0) is 11.2 Å². The molecule has 0 amide bonds. The summed E-state index contributed by atoms with van der Waals surface area (Å²) in [6, 6.07) is 3.60. The molecule has 0 aromatic carbocycles. The number of carbonyl (C=O) groups is 1. The van der Waals surface area contributed by atoms with Crippen LogP contribution in [0.5, 0.6) is 0 Å². The summed E-state index contributed by atoms with van der Waals surface area (Å²) in [5, 5.41) is 11.8. The number of carboxylic acids is 1. The maximum absolute atomic E-state index is 9.96. The zero-order valence-corrected chi connectivity index (χ0v) is 12.8. The number of carbonyl (C=O) groups excluding carboxylic acids is 1. The average molecular weight is 274 g/mol. The largest absolute Gasteiger partial charge is 1.00 e. The summed E-state index contributed by atoms with van der Waals surface area (Å²) in [6.07, 6.45) is 0.0394. The molecule has 10 heavy (non-hydrogen) atoms. The van der Waals surface area contributed by atoms with Gasteiger partial charge in [0.2, 0.25) is 0 Å². The smallest absolute Gasteiger partial charge is 0.550 e. The van der Waals surface area contributed by atoms with Crippen molar-refractivity contribution >= 4 is 17.3 Å². The Bertz CT molecular complexity index is 196. The van der Waals surface area contributed by atoms with Crippen molar-refractivity contribution in [2.24, 2.45) is 0 Å². The maximum Gasteiger partial charge on any atom is 1.00 e. The molecule has 0 aliphatic heterocycles. The minimum Gasteiger partial charge on any atom is -0.550 e. The molecule has 0 fully saturated rings. The molecule has 0 spiro atoms. The second kappa shape index (κ2) is 5.82. The summed E-state index contributed by atoms with van der Waals surface area (Å²) >= 11 is 1.43. The molecule has 1 rings (SSSR count). The van der Waals surface area contributed by atoms with Crippen LogP contribution in [-0.4, -0.2) is 5.97 Å². The Hall–Kier alpha value is 1.22. The maximum atomic E-state index is 9.96. The van der Waals surface area contributed by atoms with Gasteiger partial charge in [-0.05, 0) is 11.4 Å². The Kier molecular flexibility index (Phi) is 6.53. The van der Waals surface area contributed by atoms with Gasteiger partial charge in [-0.15, -0.1) is 11.3 Å². The zero-order chi connectivity index (χ0) is 6.69. The number of hydrogen-bond acceptors (Lipinski definition) is 3. The van der Waals surface area contributed by atoms with Gasteiger partial charge in [0.05, 0.1) is 0 Å². The summed E-state index contributed by atoms with van der Waals surface area (Å²) in [7, 11) is 0. The molecule has 0 aliphatic carbocycles. The van der Waals surface area contributed by atoms with Gasteiger partial charge >= 0.3 is 68.9 Å². The third-order valence-electron chi connectivity index (χ3n) is 0.899. The number of carboxylic acid groups (broad SMARTS) is 1. The van der Waals surface area contributed by atoms with E-state index < -0.39 is 5.97 Å². The number of rotatable bonds is 2. The van der Waals surface area contributed by atoms with Crippen molar-refractivity contribution in [2.45, 2.75) is 6.42 Å². The van der Waals surface area contributed by atoms with Crippen molar-refractivity contribution in [3.05, 3.63) is 22.4 Å². The molecule has 1 heterocycles. The van der Waals surface area contributed by atoms with Gasteiger partial charge in [-0.1, -0.05) is 6.07 Å². The number of hydrogen-bond donors (Lipinski definition) is 0. The van der Waals surface area contributed by atoms with Crippen LogP contribution < -0.4 is 74.0 Å². The first-order chi connectivity index (χ1) is 4.29. The molecule has 0 saturated heterocycles. The van der Waals surface area contributed by atoms with Gasteiger partial charge in [0.25, 0.3) is 0 Å². The molecule has 48 valence electrons. The first-order valence-corrected chi connectivity index (χ1v) is 3.39. The molecule has 2 nitrogen and oxygen atoms in total. The first kappa shape index (κ1) is 11.2. The van der Waals surface area contributed by atoms with Gasteiger partial charge in [0, 0.05) is 17.3 Å². The monoisotopic (exact) mass is 274 g/mol. The Balaban J connectivity index is 0.000000810. The Morgan fingerprint density at radius 1 is 1.70 bits per heavy atom. The van der Waals surface area contributed by atoms with Crippen molar-refractivity contribution in [1.82, 2.24) is 0 Å². The van der Waals surface area contributed by atoms with E-state index in [2.05, 4.69) is 0 Å². The first-order valence-electron chi connectivity index (χ1n) is 2.51. The Morgan fingerprint density at radius 3 is 2.80 bits per heavy atom. The van der Waals surface area contributed by atoms with Crippen LogP contribution in [0, 0.1) is 0 Å². The van der Waals surface area contributed by atoms with Gasteiger partial charge in [-0.25, -0.2) is 0 Å². The third kappa shape index (κ3) is 4.17. The number of thiophene rings is 1. The van der Waals surface area contributed by atoms with E-state index in [0.717, 1.165) is 4.88 Å². The van der Waals surface area contributed by atoms with Crippen molar-refractivity contribution in [2.75, 3.05) is 0 Å². The van der Waals surface area contributed by atoms with E-state index in [0.29, 0.717) is 0 Å². The fourth-order valence-corrected chi connectivity index (χ4v) is 1.25. The standard InChI is InChI=1S/C6H6O2S.Cs/c7-6(8)4-5-2-1-3-9-5;/h1-3H,4H2,(H,7,8);/q;+1/p-1. The predicted molar refractivity (Wildman–Crippen MR) is 33.0 cm³/mol. The second-order valence-corrected chi connectivity index (χ2v) is 2.66. The van der Waals surface area contributed by atoms with Gasteiger partial charge < -0.3 is 9.90 Å². The van der Waals surface area contributed by atoms with Gasteiger partial charge in [-0.3, -0.25) is 0 Å². The van der Waals surface area contributed by atoms with Gasteiger partial charge in [0.1, 0.15) is 0 Å². The van der Waals surface area contributed by atoms with E-state index in [1.807, 2.05) is 11.4 Å². The molecular weight excluding hydrogens is 269 g/mol. The van der Waals surface area contributed by atoms with E-state index in [-0.39, 0.29) is 75.3 Å². The van der Waals surface area contributed by atoms with E-state index in [9.17, 15) is 9.90 Å². The molecular formula is C6H5CsO2S. The molecule has 0 saturated carbocycles. The van der Waals surface area contributed by atoms with Gasteiger partial charge in [0.15, 0.2) is 0 Å². The van der Waals surface area contributed by atoms with Crippen LogP contribution in [0.15, 0.2) is 17.5 Å². The predicted octanol–water partition coefficient (Wildman–Crippen LogP) is -2.96. The van der Waals surface area contributed by atoms with Crippen molar-refractivity contribution in [3.63, 3.8) is 0 Å². The van der Waals surface area contributed by atoms with E-state index in [4.69, 9.17) is 0 Å². The average Bonchev–Trinajstić information content (AvgIpc) is 2.15. The van der Waals surface area contributed by atoms with Crippen molar-refractivity contribution in [1.29, 1.82) is 0 Å². The summed E-state index contributed by atoms with van der Waals surface area (Å²) in [4.78, 5) is 10.8.